The molecule has 174 valence electrons. The molecular weight excluding hydrogens is 503 g/mol. The zero-order valence-electron chi connectivity index (χ0n) is 17.8. The summed E-state index contributed by atoms with van der Waals surface area (Å²) in [6, 6.07) is 12.0. The first-order valence-corrected chi connectivity index (χ1v) is 13.3. The molecule has 0 spiro atoms. The quantitative estimate of drug-likeness (QED) is 0.517. The van der Waals surface area contributed by atoms with Crippen LogP contribution in [0.15, 0.2) is 52.7 Å². The Balaban J connectivity index is 1.31. The van der Waals surface area contributed by atoms with Crippen LogP contribution < -0.4 is 5.32 Å². The van der Waals surface area contributed by atoms with Gasteiger partial charge >= 0.3 is 0 Å². The number of thiazole rings is 1. The Morgan fingerprint density at radius 3 is 2.45 bits per heavy atom. The van der Waals surface area contributed by atoms with Gasteiger partial charge in [0, 0.05) is 42.1 Å². The maximum atomic E-state index is 12.8. The summed E-state index contributed by atoms with van der Waals surface area (Å²) in [6.07, 6.45) is 0. The third kappa shape index (κ3) is 5.74. The fraction of sp³-hybridized carbons (Fsp3) is 0.273. The van der Waals surface area contributed by atoms with Crippen LogP contribution in [0.2, 0.25) is 10.0 Å². The lowest BCUT2D eigenvalue weighted by Crippen LogP contribution is -2.50. The number of benzene rings is 2. The summed E-state index contributed by atoms with van der Waals surface area (Å²) in [7, 11) is -3.53. The average Bonchev–Trinajstić information content (AvgIpc) is 3.22. The molecule has 0 saturated carbocycles. The summed E-state index contributed by atoms with van der Waals surface area (Å²) < 4.78 is 27.1. The van der Waals surface area contributed by atoms with Gasteiger partial charge in [0.25, 0.3) is 0 Å². The number of aromatic nitrogens is 1. The van der Waals surface area contributed by atoms with E-state index in [9.17, 15) is 13.2 Å². The Morgan fingerprint density at radius 2 is 1.79 bits per heavy atom. The zero-order valence-corrected chi connectivity index (χ0v) is 20.9. The summed E-state index contributed by atoms with van der Waals surface area (Å²) >= 11 is 13.5. The number of hydrogen-bond donors (Lipinski definition) is 1. The van der Waals surface area contributed by atoms with Crippen molar-refractivity contribution in [3.05, 3.63) is 63.5 Å². The first-order valence-electron chi connectivity index (χ1n) is 10.2. The molecule has 1 N–H and O–H groups in total. The standard InChI is InChI=1S/C22H22Cl2N4O3S2/c1-15-2-5-17(6-3-15)33(30,31)28-10-8-27(9-11-28)13-21(29)26-22-25-20(14-32-22)18-7-4-16(23)12-19(18)24/h2-7,12,14H,8-11,13H2,1H3,(H,25,26,29). The second-order valence-electron chi connectivity index (χ2n) is 7.70. The minimum atomic E-state index is -3.53. The van der Waals surface area contributed by atoms with E-state index in [1.54, 1.807) is 42.5 Å². The first-order chi connectivity index (χ1) is 15.7. The van der Waals surface area contributed by atoms with Crippen molar-refractivity contribution in [3.8, 4) is 11.3 Å². The van der Waals surface area contributed by atoms with E-state index in [1.807, 2.05) is 17.2 Å². The van der Waals surface area contributed by atoms with E-state index < -0.39 is 10.0 Å². The third-order valence-electron chi connectivity index (χ3n) is 5.31. The van der Waals surface area contributed by atoms with Gasteiger partial charge in [-0.05, 0) is 37.3 Å². The van der Waals surface area contributed by atoms with Crippen LogP contribution in [0, 0.1) is 6.92 Å². The van der Waals surface area contributed by atoms with Crippen LogP contribution in [-0.2, 0) is 14.8 Å². The zero-order chi connectivity index (χ0) is 23.6. The molecule has 1 aliphatic heterocycles. The number of amides is 1. The normalized spacial score (nSPS) is 15.5. The van der Waals surface area contributed by atoms with Crippen molar-refractivity contribution in [2.45, 2.75) is 11.8 Å². The molecule has 1 aliphatic rings. The van der Waals surface area contributed by atoms with Crippen LogP contribution in [0.25, 0.3) is 11.3 Å². The molecule has 33 heavy (non-hydrogen) atoms. The Morgan fingerprint density at radius 1 is 1.09 bits per heavy atom. The molecule has 2 aromatic carbocycles. The summed E-state index contributed by atoms with van der Waals surface area (Å²) in [5, 5.41) is 6.13. The molecular formula is C22H22Cl2N4O3S2. The van der Waals surface area contributed by atoms with Crippen molar-refractivity contribution in [3.63, 3.8) is 0 Å². The predicted octanol–water partition coefficient (Wildman–Crippen LogP) is 4.37. The number of sulfonamides is 1. The molecule has 0 radical (unpaired) electrons. The number of halogens is 2. The van der Waals surface area contributed by atoms with Gasteiger partial charge in [-0.1, -0.05) is 40.9 Å². The van der Waals surface area contributed by atoms with Gasteiger partial charge in [0.15, 0.2) is 5.13 Å². The van der Waals surface area contributed by atoms with Gasteiger partial charge in [0.05, 0.1) is 22.2 Å². The van der Waals surface area contributed by atoms with E-state index in [1.165, 1.54) is 15.6 Å². The second-order valence-corrected chi connectivity index (χ2v) is 11.3. The SMILES string of the molecule is Cc1ccc(S(=O)(=O)N2CCN(CC(=O)Nc3nc(-c4ccc(Cl)cc4Cl)cs3)CC2)cc1. The maximum Gasteiger partial charge on any atom is 0.243 e. The number of carbonyl (C=O) groups excluding carboxylic acids is 1. The summed E-state index contributed by atoms with van der Waals surface area (Å²) in [6.45, 7) is 3.69. The molecule has 1 fully saturated rings. The molecule has 0 atom stereocenters. The van der Waals surface area contributed by atoms with E-state index in [4.69, 9.17) is 23.2 Å². The highest BCUT2D eigenvalue weighted by Crippen LogP contribution is 2.32. The van der Waals surface area contributed by atoms with Crippen LogP contribution in [-0.4, -0.2) is 61.2 Å². The van der Waals surface area contributed by atoms with Crippen LogP contribution in [0.5, 0.6) is 0 Å². The van der Waals surface area contributed by atoms with E-state index in [0.29, 0.717) is 51.9 Å². The summed E-state index contributed by atoms with van der Waals surface area (Å²) in [5.74, 6) is -0.201. The Bertz CT molecular complexity index is 1250. The minimum absolute atomic E-state index is 0.162. The largest absolute Gasteiger partial charge is 0.301 e. The van der Waals surface area contributed by atoms with Crippen molar-refractivity contribution >= 4 is 55.6 Å². The molecule has 0 unspecified atom stereocenters. The number of carbonyl (C=O) groups is 1. The monoisotopic (exact) mass is 524 g/mol. The molecule has 1 amide bonds. The highest BCUT2D eigenvalue weighted by Gasteiger charge is 2.29. The van der Waals surface area contributed by atoms with E-state index in [0.717, 1.165) is 11.1 Å². The van der Waals surface area contributed by atoms with E-state index in [-0.39, 0.29) is 12.5 Å². The van der Waals surface area contributed by atoms with Crippen LogP contribution >= 0.6 is 34.5 Å². The van der Waals surface area contributed by atoms with Crippen LogP contribution in [0.1, 0.15) is 5.56 Å². The Hall–Kier alpha value is -2.01. The lowest BCUT2D eigenvalue weighted by atomic mass is 10.2. The van der Waals surface area contributed by atoms with Crippen molar-refractivity contribution in [2.24, 2.45) is 0 Å². The van der Waals surface area contributed by atoms with Crippen molar-refractivity contribution in [2.75, 3.05) is 38.0 Å². The fourth-order valence-electron chi connectivity index (χ4n) is 3.50. The number of hydrogen-bond acceptors (Lipinski definition) is 6. The van der Waals surface area contributed by atoms with Gasteiger partial charge in [0.2, 0.25) is 15.9 Å². The molecule has 4 rings (SSSR count). The minimum Gasteiger partial charge on any atom is -0.301 e. The number of nitrogens with one attached hydrogen (secondary N) is 1. The molecule has 7 nitrogen and oxygen atoms in total. The van der Waals surface area contributed by atoms with E-state index >= 15 is 0 Å². The summed E-state index contributed by atoms with van der Waals surface area (Å²) in [4.78, 5) is 19.2. The van der Waals surface area contributed by atoms with E-state index in [2.05, 4.69) is 10.3 Å². The lowest BCUT2D eigenvalue weighted by molar-refractivity contribution is -0.117. The van der Waals surface area contributed by atoms with Crippen LogP contribution in [0.3, 0.4) is 0 Å². The number of rotatable bonds is 6. The molecule has 11 heteroatoms. The van der Waals surface area contributed by atoms with Crippen molar-refractivity contribution in [1.29, 1.82) is 0 Å². The number of piperazine rings is 1. The number of aryl methyl sites for hydroxylation is 1. The average molecular weight is 525 g/mol. The Labute approximate surface area is 207 Å². The molecule has 0 aliphatic carbocycles. The molecule has 0 bridgehead atoms. The smallest absolute Gasteiger partial charge is 0.243 e. The lowest BCUT2D eigenvalue weighted by Gasteiger charge is -2.33. The molecule has 1 aromatic heterocycles. The molecule has 3 aromatic rings. The van der Waals surface area contributed by atoms with Gasteiger partial charge in [-0.3, -0.25) is 9.69 Å². The highest BCUT2D eigenvalue weighted by molar-refractivity contribution is 7.89. The fourth-order valence-corrected chi connectivity index (χ4v) is 6.16. The highest BCUT2D eigenvalue weighted by atomic mass is 35.5. The van der Waals surface area contributed by atoms with Crippen molar-refractivity contribution in [1.82, 2.24) is 14.2 Å². The van der Waals surface area contributed by atoms with Crippen LogP contribution in [0.4, 0.5) is 5.13 Å². The summed E-state index contributed by atoms with van der Waals surface area (Å²) in [5.41, 5.74) is 2.41. The number of anilines is 1. The van der Waals surface area contributed by atoms with Gasteiger partial charge in [-0.25, -0.2) is 13.4 Å². The van der Waals surface area contributed by atoms with Gasteiger partial charge in [0.1, 0.15) is 0 Å². The molecule has 2 heterocycles. The molecule has 1 saturated heterocycles. The van der Waals surface area contributed by atoms with Gasteiger partial charge in [-0.15, -0.1) is 11.3 Å². The topological polar surface area (TPSA) is 82.6 Å². The van der Waals surface area contributed by atoms with Crippen molar-refractivity contribution < 1.29 is 13.2 Å². The Kier molecular flexibility index (Phi) is 7.37. The first kappa shape index (κ1) is 24.1. The maximum absolute atomic E-state index is 12.8. The van der Waals surface area contributed by atoms with Gasteiger partial charge in [-0.2, -0.15) is 4.31 Å². The van der Waals surface area contributed by atoms with Gasteiger partial charge < -0.3 is 5.32 Å². The number of nitrogens with zero attached hydrogens (tertiary/aromatic N) is 3. The predicted molar refractivity (Wildman–Crippen MR) is 133 cm³/mol. The third-order valence-corrected chi connectivity index (χ3v) is 8.53. The second kappa shape index (κ2) is 10.1.